The summed E-state index contributed by atoms with van der Waals surface area (Å²) in [7, 11) is 2.02. The zero-order chi connectivity index (χ0) is 16.3. The second kappa shape index (κ2) is 6.81. The first-order valence-corrected chi connectivity index (χ1v) is 9.03. The van der Waals surface area contributed by atoms with E-state index < -0.39 is 10.0 Å². The van der Waals surface area contributed by atoms with Crippen LogP contribution in [0.25, 0.3) is 0 Å². The molecule has 0 saturated heterocycles. The Bertz CT molecular complexity index is 743. The summed E-state index contributed by atoms with van der Waals surface area (Å²) in [5.41, 5.74) is 2.03. The Balaban J connectivity index is 2.21. The van der Waals surface area contributed by atoms with Crippen LogP contribution in [0.3, 0.4) is 0 Å². The van der Waals surface area contributed by atoms with E-state index in [0.717, 1.165) is 11.3 Å². The molecule has 0 amide bonds. The summed E-state index contributed by atoms with van der Waals surface area (Å²) in [4.78, 5) is 2.29. The number of rotatable bonds is 5. The van der Waals surface area contributed by atoms with Gasteiger partial charge in [0.25, 0.3) is 0 Å². The zero-order valence-corrected chi connectivity index (χ0v) is 15.2. The lowest BCUT2D eigenvalue weighted by Crippen LogP contribution is -2.26. The highest BCUT2D eigenvalue weighted by molar-refractivity contribution is 9.10. The molecule has 0 heterocycles. The van der Waals surface area contributed by atoms with Crippen molar-refractivity contribution in [2.75, 3.05) is 26.0 Å². The average Bonchev–Trinajstić information content (AvgIpc) is 2.48. The van der Waals surface area contributed by atoms with Crippen LogP contribution < -0.4 is 4.90 Å². The zero-order valence-electron chi connectivity index (χ0n) is 12.8. The molecule has 118 valence electrons. The summed E-state index contributed by atoms with van der Waals surface area (Å²) in [6.45, 7) is 0.331. The maximum atomic E-state index is 12.6. The van der Waals surface area contributed by atoms with Crippen molar-refractivity contribution < 1.29 is 8.42 Å². The van der Waals surface area contributed by atoms with Crippen molar-refractivity contribution in [2.24, 2.45) is 0 Å². The molecule has 2 aromatic rings. The van der Waals surface area contributed by atoms with Gasteiger partial charge in [-0.1, -0.05) is 24.3 Å². The Morgan fingerprint density at radius 2 is 1.55 bits per heavy atom. The van der Waals surface area contributed by atoms with Crippen molar-refractivity contribution in [3.63, 3.8) is 0 Å². The first-order valence-electron chi connectivity index (χ1n) is 6.79. The van der Waals surface area contributed by atoms with E-state index in [1.54, 1.807) is 31.3 Å². The van der Waals surface area contributed by atoms with Crippen LogP contribution in [0.2, 0.25) is 0 Å². The van der Waals surface area contributed by atoms with Gasteiger partial charge in [-0.3, -0.25) is 0 Å². The van der Waals surface area contributed by atoms with E-state index in [9.17, 15) is 8.42 Å². The summed E-state index contributed by atoms with van der Waals surface area (Å²) >= 11 is 3.30. The highest BCUT2D eigenvalue weighted by atomic mass is 79.9. The number of halogens is 1. The molecule has 0 aliphatic heterocycles. The molecule has 0 unspecified atom stereocenters. The molecule has 0 spiro atoms. The van der Waals surface area contributed by atoms with E-state index in [0.29, 0.717) is 11.0 Å². The molecular formula is C16H19BrN2O2S. The maximum absolute atomic E-state index is 12.6. The Labute approximate surface area is 140 Å². The van der Waals surface area contributed by atoms with Gasteiger partial charge in [0, 0.05) is 37.8 Å². The lowest BCUT2D eigenvalue weighted by molar-refractivity contribution is 0.466. The molecule has 0 saturated carbocycles. The standard InChI is InChI=1S/C16H19BrN2O2S/c1-18(2)14-10-8-13(9-11-14)12-19(3)22(20,21)16-7-5-4-6-15(16)17/h4-11H,12H2,1-3H3. The molecule has 2 aromatic carbocycles. The molecule has 22 heavy (non-hydrogen) atoms. The largest absolute Gasteiger partial charge is 0.378 e. The third kappa shape index (κ3) is 3.69. The smallest absolute Gasteiger partial charge is 0.244 e. The predicted molar refractivity (Wildman–Crippen MR) is 93.6 cm³/mol. The van der Waals surface area contributed by atoms with Gasteiger partial charge in [0.05, 0.1) is 4.90 Å². The van der Waals surface area contributed by atoms with E-state index in [1.807, 2.05) is 43.3 Å². The van der Waals surface area contributed by atoms with E-state index in [-0.39, 0.29) is 4.90 Å². The Morgan fingerprint density at radius 1 is 0.955 bits per heavy atom. The van der Waals surface area contributed by atoms with Crippen LogP contribution in [0.5, 0.6) is 0 Å². The molecule has 6 heteroatoms. The molecule has 0 bridgehead atoms. The molecule has 0 radical (unpaired) electrons. The van der Waals surface area contributed by atoms with Crippen LogP contribution in [0.4, 0.5) is 5.69 Å². The van der Waals surface area contributed by atoms with E-state index in [1.165, 1.54) is 4.31 Å². The van der Waals surface area contributed by atoms with E-state index >= 15 is 0 Å². The highest BCUT2D eigenvalue weighted by Gasteiger charge is 2.23. The fourth-order valence-corrected chi connectivity index (χ4v) is 4.18. The van der Waals surface area contributed by atoms with Crippen molar-refractivity contribution in [1.29, 1.82) is 0 Å². The Morgan fingerprint density at radius 3 is 2.09 bits per heavy atom. The number of benzene rings is 2. The molecule has 0 atom stereocenters. The number of hydrogen-bond acceptors (Lipinski definition) is 3. The summed E-state index contributed by atoms with van der Waals surface area (Å²) in [5, 5.41) is 0. The molecule has 0 aliphatic rings. The third-order valence-electron chi connectivity index (χ3n) is 3.38. The van der Waals surface area contributed by atoms with Gasteiger partial charge in [0.15, 0.2) is 0 Å². The van der Waals surface area contributed by atoms with Gasteiger partial charge in [0.2, 0.25) is 10.0 Å². The van der Waals surface area contributed by atoms with Crippen LogP contribution in [0, 0.1) is 0 Å². The second-order valence-corrected chi connectivity index (χ2v) is 8.12. The minimum atomic E-state index is -3.52. The molecule has 2 rings (SSSR count). The van der Waals surface area contributed by atoms with Crippen LogP contribution >= 0.6 is 15.9 Å². The van der Waals surface area contributed by atoms with Crippen molar-refractivity contribution in [2.45, 2.75) is 11.4 Å². The average molecular weight is 383 g/mol. The van der Waals surface area contributed by atoms with Crippen molar-refractivity contribution in [3.05, 3.63) is 58.6 Å². The number of hydrogen-bond donors (Lipinski definition) is 0. The van der Waals surface area contributed by atoms with Gasteiger partial charge >= 0.3 is 0 Å². The van der Waals surface area contributed by atoms with Gasteiger partial charge in [-0.25, -0.2) is 8.42 Å². The van der Waals surface area contributed by atoms with Crippen molar-refractivity contribution >= 4 is 31.6 Å². The van der Waals surface area contributed by atoms with Crippen molar-refractivity contribution in [1.82, 2.24) is 4.31 Å². The Hall–Kier alpha value is -1.37. The van der Waals surface area contributed by atoms with Crippen LogP contribution in [0.1, 0.15) is 5.56 Å². The quantitative estimate of drug-likeness (QED) is 0.795. The summed E-state index contributed by atoms with van der Waals surface area (Å²) in [5.74, 6) is 0. The Kier molecular flexibility index (Phi) is 5.26. The minimum absolute atomic E-state index is 0.280. The number of sulfonamides is 1. The molecule has 0 fully saturated rings. The summed E-state index contributed by atoms with van der Waals surface area (Å²) < 4.78 is 27.2. The van der Waals surface area contributed by atoms with Crippen LogP contribution in [0.15, 0.2) is 57.9 Å². The van der Waals surface area contributed by atoms with Gasteiger partial charge in [-0.15, -0.1) is 0 Å². The third-order valence-corrected chi connectivity index (χ3v) is 6.20. The predicted octanol–water partition coefficient (Wildman–Crippen LogP) is 3.34. The summed E-state index contributed by atoms with van der Waals surface area (Å²) in [6.07, 6.45) is 0. The molecule has 0 aromatic heterocycles. The molecule has 4 nitrogen and oxygen atoms in total. The number of nitrogens with zero attached hydrogens (tertiary/aromatic N) is 2. The van der Waals surface area contributed by atoms with Gasteiger partial charge in [-0.05, 0) is 45.8 Å². The van der Waals surface area contributed by atoms with Crippen LogP contribution in [-0.2, 0) is 16.6 Å². The number of anilines is 1. The lowest BCUT2D eigenvalue weighted by atomic mass is 10.2. The normalized spacial score (nSPS) is 11.7. The van der Waals surface area contributed by atoms with Gasteiger partial charge in [0.1, 0.15) is 0 Å². The highest BCUT2D eigenvalue weighted by Crippen LogP contribution is 2.25. The maximum Gasteiger partial charge on any atom is 0.244 e. The van der Waals surface area contributed by atoms with E-state index in [4.69, 9.17) is 0 Å². The minimum Gasteiger partial charge on any atom is -0.378 e. The molecule has 0 N–H and O–H groups in total. The lowest BCUT2D eigenvalue weighted by Gasteiger charge is -2.19. The van der Waals surface area contributed by atoms with E-state index in [2.05, 4.69) is 15.9 Å². The fraction of sp³-hybridized carbons (Fsp3) is 0.250. The first-order chi connectivity index (χ1) is 10.3. The monoisotopic (exact) mass is 382 g/mol. The second-order valence-electron chi connectivity index (χ2n) is 5.25. The van der Waals surface area contributed by atoms with Crippen molar-refractivity contribution in [3.8, 4) is 0 Å². The summed E-state index contributed by atoms with van der Waals surface area (Å²) in [6, 6.07) is 14.7. The fourth-order valence-electron chi connectivity index (χ4n) is 2.06. The first kappa shape index (κ1) is 17.0. The molecular weight excluding hydrogens is 364 g/mol. The van der Waals surface area contributed by atoms with Crippen LogP contribution in [-0.4, -0.2) is 33.9 Å². The topological polar surface area (TPSA) is 40.6 Å². The molecule has 0 aliphatic carbocycles. The van der Waals surface area contributed by atoms with Gasteiger partial charge < -0.3 is 4.90 Å². The van der Waals surface area contributed by atoms with Gasteiger partial charge in [-0.2, -0.15) is 4.31 Å². The SMILES string of the molecule is CN(C)c1ccc(CN(C)S(=O)(=O)c2ccccc2Br)cc1.